The highest BCUT2D eigenvalue weighted by Gasteiger charge is 2.14. The molecule has 0 radical (unpaired) electrons. The summed E-state index contributed by atoms with van der Waals surface area (Å²) in [7, 11) is 0. The van der Waals surface area contributed by atoms with E-state index in [9.17, 15) is 4.79 Å². The van der Waals surface area contributed by atoms with Crippen LogP contribution in [0.15, 0.2) is 52.0 Å². The molecule has 0 bridgehead atoms. The summed E-state index contributed by atoms with van der Waals surface area (Å²) in [5, 5.41) is 5.57. The minimum atomic E-state index is -0.188. The molecule has 1 N–H and O–H groups in total. The molecule has 0 atom stereocenters. The Kier molecular flexibility index (Phi) is 4.48. The Bertz CT molecular complexity index is 1130. The van der Waals surface area contributed by atoms with E-state index in [0.717, 1.165) is 16.0 Å². The third-order valence-electron chi connectivity index (χ3n) is 3.62. The van der Waals surface area contributed by atoms with Crippen LogP contribution in [-0.2, 0) is 0 Å². The minimum absolute atomic E-state index is 0.188. The van der Waals surface area contributed by atoms with Crippen LogP contribution in [0, 0.1) is 0 Å². The van der Waals surface area contributed by atoms with Crippen molar-refractivity contribution in [2.75, 3.05) is 0 Å². The number of hydrogen-bond donors (Lipinski definition) is 1. The Morgan fingerprint density at radius 1 is 1.16 bits per heavy atom. The fraction of sp³-hybridized carbons (Fsp3) is 0. The second-order valence-corrected chi connectivity index (χ2v) is 7.91. The van der Waals surface area contributed by atoms with Gasteiger partial charge in [-0.25, -0.2) is 4.98 Å². The highest BCUT2D eigenvalue weighted by atomic mass is 35.5. The first-order valence-corrected chi connectivity index (χ1v) is 9.82. The summed E-state index contributed by atoms with van der Waals surface area (Å²) < 4.78 is 0. The molecule has 0 amide bonds. The van der Waals surface area contributed by atoms with Crippen molar-refractivity contribution >= 4 is 67.2 Å². The number of halogens is 2. The summed E-state index contributed by atoms with van der Waals surface area (Å²) in [5.41, 5.74) is 1.60. The van der Waals surface area contributed by atoms with Crippen molar-refractivity contribution in [3.8, 4) is 10.4 Å². The molecule has 4 rings (SSSR count). The first kappa shape index (κ1) is 16.5. The van der Waals surface area contributed by atoms with Crippen LogP contribution >= 0.6 is 45.9 Å². The number of hydrogen-bond acceptors (Lipinski definition) is 4. The van der Waals surface area contributed by atoms with Gasteiger partial charge in [0.2, 0.25) is 0 Å². The van der Waals surface area contributed by atoms with Crippen molar-refractivity contribution in [1.29, 1.82) is 0 Å². The van der Waals surface area contributed by atoms with E-state index < -0.39 is 0 Å². The van der Waals surface area contributed by atoms with Gasteiger partial charge in [0.05, 0.1) is 10.4 Å². The Morgan fingerprint density at radius 2 is 1.96 bits per heavy atom. The number of H-pyrrole nitrogens is 1. The predicted octanol–water partition coefficient (Wildman–Crippen LogP) is 6.10. The van der Waals surface area contributed by atoms with E-state index in [4.69, 9.17) is 23.2 Å². The Labute approximate surface area is 161 Å². The molecule has 4 aromatic rings. The monoisotopic (exact) mass is 404 g/mol. The van der Waals surface area contributed by atoms with Gasteiger partial charge in [0.1, 0.15) is 4.83 Å². The van der Waals surface area contributed by atoms with Gasteiger partial charge in [-0.15, -0.1) is 22.7 Å². The number of nitrogens with one attached hydrogen (secondary N) is 1. The number of fused-ring (bicyclic) bond motifs is 1. The standard InChI is InChI=1S/C18H10Cl2N2OS2/c19-11-5-3-10(4-6-11)8-13(20)16-21-17(23)15-12(9-25-18(15)22-16)14-2-1-7-24-14/h1-9H,(H,21,22,23). The molecule has 3 heterocycles. The third kappa shape index (κ3) is 3.28. The van der Waals surface area contributed by atoms with Crippen molar-refractivity contribution in [2.45, 2.75) is 0 Å². The van der Waals surface area contributed by atoms with Crippen molar-refractivity contribution in [3.63, 3.8) is 0 Å². The number of benzene rings is 1. The molecule has 0 spiro atoms. The molecule has 3 aromatic heterocycles. The number of nitrogens with zero attached hydrogens (tertiary/aromatic N) is 1. The normalized spacial score (nSPS) is 12.0. The largest absolute Gasteiger partial charge is 0.305 e. The fourth-order valence-corrected chi connectivity index (χ4v) is 4.55. The van der Waals surface area contributed by atoms with E-state index in [0.29, 0.717) is 26.1 Å². The summed E-state index contributed by atoms with van der Waals surface area (Å²) in [6.45, 7) is 0. The number of aromatic amines is 1. The molecule has 0 saturated heterocycles. The van der Waals surface area contributed by atoms with E-state index in [1.165, 1.54) is 11.3 Å². The van der Waals surface area contributed by atoms with Crippen LogP contribution in [-0.4, -0.2) is 9.97 Å². The van der Waals surface area contributed by atoms with Crippen LogP contribution in [0.5, 0.6) is 0 Å². The molecule has 3 nitrogen and oxygen atoms in total. The molecule has 0 aliphatic carbocycles. The highest BCUT2D eigenvalue weighted by molar-refractivity contribution is 7.18. The molecule has 0 aliphatic rings. The number of aromatic nitrogens is 2. The van der Waals surface area contributed by atoms with Crippen LogP contribution in [0.25, 0.3) is 31.8 Å². The molecule has 0 fully saturated rings. The van der Waals surface area contributed by atoms with Gasteiger partial charge in [-0.1, -0.05) is 41.4 Å². The molecule has 124 valence electrons. The summed E-state index contributed by atoms with van der Waals surface area (Å²) >= 11 is 15.3. The van der Waals surface area contributed by atoms with Crippen molar-refractivity contribution in [1.82, 2.24) is 9.97 Å². The fourth-order valence-electron chi connectivity index (χ4n) is 2.45. The van der Waals surface area contributed by atoms with Crippen LogP contribution in [0.4, 0.5) is 0 Å². The predicted molar refractivity (Wildman–Crippen MR) is 109 cm³/mol. The van der Waals surface area contributed by atoms with E-state index in [-0.39, 0.29) is 5.56 Å². The average Bonchev–Trinajstić information content (AvgIpc) is 3.25. The molecule has 0 aliphatic heterocycles. The maximum atomic E-state index is 12.6. The maximum absolute atomic E-state index is 12.6. The molecular formula is C18H10Cl2N2OS2. The topological polar surface area (TPSA) is 45.8 Å². The first-order valence-electron chi connectivity index (χ1n) is 7.30. The van der Waals surface area contributed by atoms with Crippen molar-refractivity contribution in [3.05, 3.63) is 73.9 Å². The van der Waals surface area contributed by atoms with Gasteiger partial charge >= 0.3 is 0 Å². The summed E-state index contributed by atoms with van der Waals surface area (Å²) in [5.74, 6) is 0.355. The number of thiophene rings is 2. The van der Waals surface area contributed by atoms with Gasteiger partial charge < -0.3 is 4.98 Å². The number of rotatable bonds is 3. The van der Waals surface area contributed by atoms with E-state index in [2.05, 4.69) is 9.97 Å². The first-order chi connectivity index (χ1) is 12.1. The van der Waals surface area contributed by atoms with E-state index >= 15 is 0 Å². The maximum Gasteiger partial charge on any atom is 0.260 e. The lowest BCUT2D eigenvalue weighted by atomic mass is 10.2. The van der Waals surface area contributed by atoms with Crippen LogP contribution in [0.3, 0.4) is 0 Å². The van der Waals surface area contributed by atoms with Gasteiger partial charge in [-0.2, -0.15) is 0 Å². The zero-order valence-electron chi connectivity index (χ0n) is 12.6. The van der Waals surface area contributed by atoms with Gasteiger partial charge in [0.15, 0.2) is 5.82 Å². The van der Waals surface area contributed by atoms with Gasteiger partial charge in [0, 0.05) is 20.8 Å². The quantitative estimate of drug-likeness (QED) is 0.447. The Balaban J connectivity index is 1.79. The third-order valence-corrected chi connectivity index (χ3v) is 5.94. The summed E-state index contributed by atoms with van der Waals surface area (Å²) in [4.78, 5) is 21.6. The Morgan fingerprint density at radius 3 is 2.68 bits per heavy atom. The van der Waals surface area contributed by atoms with Crippen LogP contribution in [0.1, 0.15) is 11.4 Å². The molecule has 1 aromatic carbocycles. The lowest BCUT2D eigenvalue weighted by molar-refractivity contribution is 1.14. The van der Waals surface area contributed by atoms with Crippen molar-refractivity contribution in [2.24, 2.45) is 0 Å². The smallest absolute Gasteiger partial charge is 0.260 e. The highest BCUT2D eigenvalue weighted by Crippen LogP contribution is 2.34. The average molecular weight is 405 g/mol. The van der Waals surface area contributed by atoms with Crippen LogP contribution in [0.2, 0.25) is 5.02 Å². The van der Waals surface area contributed by atoms with E-state index in [1.807, 2.05) is 35.0 Å². The molecule has 0 saturated carbocycles. The molecule has 7 heteroatoms. The second kappa shape index (κ2) is 6.77. The zero-order valence-corrected chi connectivity index (χ0v) is 15.8. The molecule has 0 unspecified atom stereocenters. The minimum Gasteiger partial charge on any atom is -0.305 e. The van der Waals surface area contributed by atoms with Gasteiger partial charge in [-0.3, -0.25) is 4.79 Å². The summed E-state index contributed by atoms with van der Waals surface area (Å²) in [6, 6.07) is 11.2. The van der Waals surface area contributed by atoms with Crippen molar-refractivity contribution < 1.29 is 0 Å². The lowest BCUT2D eigenvalue weighted by Crippen LogP contribution is -2.10. The Hall–Kier alpha value is -1.92. The van der Waals surface area contributed by atoms with Gasteiger partial charge in [-0.05, 0) is 35.2 Å². The second-order valence-electron chi connectivity index (χ2n) is 5.27. The van der Waals surface area contributed by atoms with Gasteiger partial charge in [0.25, 0.3) is 5.56 Å². The summed E-state index contributed by atoms with van der Waals surface area (Å²) in [6.07, 6.45) is 1.75. The molecule has 25 heavy (non-hydrogen) atoms. The lowest BCUT2D eigenvalue weighted by Gasteiger charge is -2.01. The zero-order chi connectivity index (χ0) is 17.4. The van der Waals surface area contributed by atoms with E-state index in [1.54, 1.807) is 29.5 Å². The van der Waals surface area contributed by atoms with Crippen LogP contribution < -0.4 is 5.56 Å². The molecular weight excluding hydrogens is 395 g/mol. The SMILES string of the molecule is O=c1[nH]c(C(Cl)=Cc2ccc(Cl)cc2)nc2scc(-c3cccs3)c12.